The van der Waals surface area contributed by atoms with Crippen molar-refractivity contribution < 1.29 is 19.4 Å². The van der Waals surface area contributed by atoms with E-state index in [4.69, 9.17) is 14.6 Å². The molecule has 1 unspecified atom stereocenters. The molecule has 0 aromatic rings. The Labute approximate surface area is 145 Å². The van der Waals surface area contributed by atoms with E-state index in [2.05, 4.69) is 22.2 Å². The van der Waals surface area contributed by atoms with Gasteiger partial charge in [-0.1, -0.05) is 12.8 Å². The van der Waals surface area contributed by atoms with Crippen LogP contribution in [0.2, 0.25) is 0 Å². The summed E-state index contributed by atoms with van der Waals surface area (Å²) in [6.45, 7) is 7.35. The Bertz CT molecular complexity index is 378. The molecule has 2 aliphatic rings. The number of hydrogen-bond donors (Lipinski definition) is 2. The van der Waals surface area contributed by atoms with E-state index in [9.17, 15) is 4.79 Å². The van der Waals surface area contributed by atoms with Crippen molar-refractivity contribution in [2.75, 3.05) is 53.5 Å². The number of nitrogens with zero attached hydrogens (tertiary/aromatic N) is 2. The topological polar surface area (TPSA) is 82.1 Å². The number of hydrogen-bond acceptors (Lipinski definition) is 5. The zero-order valence-corrected chi connectivity index (χ0v) is 15.3. The number of rotatable bonds is 6. The van der Waals surface area contributed by atoms with Gasteiger partial charge in [0.2, 0.25) is 5.91 Å². The van der Waals surface area contributed by atoms with Gasteiger partial charge in [0.15, 0.2) is 0 Å². The van der Waals surface area contributed by atoms with Gasteiger partial charge in [0.25, 0.3) is 6.47 Å². The van der Waals surface area contributed by atoms with Crippen LogP contribution in [-0.2, 0) is 14.3 Å². The molecule has 7 nitrogen and oxygen atoms in total. The number of ether oxygens (including phenoxy) is 1. The predicted molar refractivity (Wildman–Crippen MR) is 93.0 cm³/mol. The standard InChI is InChI=1S/C16H31N3O2.CH2O2/c1-14(19-10-8-18(2)9-11-19)15(20)17-12-16(13-21-3)6-4-5-7-16;2-1-3/h14H,4-13H2,1-3H3,(H,17,20);1H,(H,2,3). The number of likely N-dealkylation sites (N-methyl/N-ethyl adjacent to an activating group) is 1. The lowest BCUT2D eigenvalue weighted by atomic mass is 9.87. The summed E-state index contributed by atoms with van der Waals surface area (Å²) in [6, 6.07) is -0.0281. The van der Waals surface area contributed by atoms with Gasteiger partial charge in [-0.2, -0.15) is 0 Å². The Morgan fingerprint density at radius 2 is 1.83 bits per heavy atom. The van der Waals surface area contributed by atoms with Crippen LogP contribution in [0.3, 0.4) is 0 Å². The highest BCUT2D eigenvalue weighted by molar-refractivity contribution is 5.81. The first-order valence-corrected chi connectivity index (χ1v) is 8.75. The minimum atomic E-state index is -0.250. The number of nitrogens with one attached hydrogen (secondary N) is 1. The minimum absolute atomic E-state index is 0.0281. The lowest BCUT2D eigenvalue weighted by Crippen LogP contribution is -2.54. The van der Waals surface area contributed by atoms with E-state index >= 15 is 0 Å². The smallest absolute Gasteiger partial charge is 0.290 e. The molecule has 0 radical (unpaired) electrons. The second-order valence-corrected chi connectivity index (χ2v) is 6.98. The van der Waals surface area contributed by atoms with Crippen molar-refractivity contribution in [1.29, 1.82) is 0 Å². The summed E-state index contributed by atoms with van der Waals surface area (Å²) in [5, 5.41) is 10.1. The molecular weight excluding hydrogens is 310 g/mol. The first kappa shape index (κ1) is 20.9. The Kier molecular flexibility index (Phi) is 9.25. The highest BCUT2D eigenvalue weighted by atomic mass is 16.5. The van der Waals surface area contributed by atoms with Crippen LogP contribution in [0.1, 0.15) is 32.6 Å². The van der Waals surface area contributed by atoms with Gasteiger partial charge in [-0.15, -0.1) is 0 Å². The minimum Gasteiger partial charge on any atom is -0.483 e. The van der Waals surface area contributed by atoms with Gasteiger partial charge in [0.05, 0.1) is 12.6 Å². The fourth-order valence-corrected chi connectivity index (χ4v) is 3.60. The lowest BCUT2D eigenvalue weighted by molar-refractivity contribution is -0.127. The van der Waals surface area contributed by atoms with Gasteiger partial charge in [0, 0.05) is 45.2 Å². The van der Waals surface area contributed by atoms with Gasteiger partial charge >= 0.3 is 0 Å². The van der Waals surface area contributed by atoms with Gasteiger partial charge in [-0.3, -0.25) is 14.5 Å². The number of carbonyl (C=O) groups excluding carboxylic acids is 1. The molecule has 0 spiro atoms. The molecule has 2 N–H and O–H groups in total. The maximum absolute atomic E-state index is 12.4. The molecule has 0 aromatic heterocycles. The maximum atomic E-state index is 12.4. The summed E-state index contributed by atoms with van der Waals surface area (Å²) < 4.78 is 5.38. The van der Waals surface area contributed by atoms with E-state index in [0.717, 1.165) is 39.3 Å². The molecule has 24 heavy (non-hydrogen) atoms. The van der Waals surface area contributed by atoms with Crippen molar-refractivity contribution in [3.8, 4) is 0 Å². The molecule has 1 atom stereocenters. The van der Waals surface area contributed by atoms with Gasteiger partial charge in [-0.25, -0.2) is 0 Å². The monoisotopic (exact) mass is 343 g/mol. The van der Waals surface area contributed by atoms with Crippen molar-refractivity contribution in [2.24, 2.45) is 5.41 Å². The Hall–Kier alpha value is -1.18. The summed E-state index contributed by atoms with van der Waals surface area (Å²) in [7, 11) is 3.89. The average molecular weight is 343 g/mol. The predicted octanol–water partition coefficient (Wildman–Crippen LogP) is 0.646. The molecule has 0 bridgehead atoms. The normalized spacial score (nSPS) is 22.3. The molecule has 1 saturated carbocycles. The molecule has 0 aromatic carbocycles. The second-order valence-electron chi connectivity index (χ2n) is 6.98. The van der Waals surface area contributed by atoms with E-state index < -0.39 is 0 Å². The van der Waals surface area contributed by atoms with Crippen molar-refractivity contribution in [3.05, 3.63) is 0 Å². The molecule has 1 aliphatic carbocycles. The summed E-state index contributed by atoms with van der Waals surface area (Å²) in [4.78, 5) is 25.4. The first-order chi connectivity index (χ1) is 11.5. The number of carboxylic acid groups (broad SMARTS) is 1. The molecule has 1 amide bonds. The van der Waals surface area contributed by atoms with Crippen LogP contribution >= 0.6 is 0 Å². The highest BCUT2D eigenvalue weighted by Crippen LogP contribution is 2.37. The summed E-state index contributed by atoms with van der Waals surface area (Å²) in [6.07, 6.45) is 4.86. The lowest BCUT2D eigenvalue weighted by Gasteiger charge is -2.36. The SMILES string of the molecule is COCC1(CNC(=O)C(C)N2CCN(C)CC2)CCCC1.O=CO. The first-order valence-electron chi connectivity index (χ1n) is 8.75. The van der Waals surface area contributed by atoms with E-state index in [1.165, 1.54) is 25.7 Å². The van der Waals surface area contributed by atoms with E-state index in [1.54, 1.807) is 7.11 Å². The van der Waals surface area contributed by atoms with Crippen molar-refractivity contribution in [1.82, 2.24) is 15.1 Å². The number of carbonyl (C=O) groups is 2. The van der Waals surface area contributed by atoms with Crippen molar-refractivity contribution in [2.45, 2.75) is 38.6 Å². The Morgan fingerprint density at radius 1 is 1.29 bits per heavy atom. The quantitative estimate of drug-likeness (QED) is 0.689. The van der Waals surface area contributed by atoms with E-state index in [0.29, 0.717) is 0 Å². The van der Waals surface area contributed by atoms with Crippen LogP contribution in [0.15, 0.2) is 0 Å². The van der Waals surface area contributed by atoms with Crippen LogP contribution in [0, 0.1) is 5.41 Å². The number of piperazine rings is 1. The molecule has 7 heteroatoms. The Morgan fingerprint density at radius 3 is 2.33 bits per heavy atom. The van der Waals surface area contributed by atoms with Crippen molar-refractivity contribution >= 4 is 12.4 Å². The Balaban J connectivity index is 0.000000891. The molecule has 1 saturated heterocycles. The van der Waals surface area contributed by atoms with Crippen LogP contribution in [-0.4, -0.2) is 86.8 Å². The third-order valence-electron chi connectivity index (χ3n) is 5.22. The second kappa shape index (κ2) is 10.6. The third kappa shape index (κ3) is 6.37. The van der Waals surface area contributed by atoms with E-state index in [1.807, 2.05) is 6.92 Å². The van der Waals surface area contributed by atoms with E-state index in [-0.39, 0.29) is 23.8 Å². The van der Waals surface area contributed by atoms with Gasteiger partial charge in [0.1, 0.15) is 0 Å². The molecule has 1 aliphatic heterocycles. The fraction of sp³-hybridized carbons (Fsp3) is 0.882. The van der Waals surface area contributed by atoms with Crippen LogP contribution in [0.25, 0.3) is 0 Å². The average Bonchev–Trinajstić information content (AvgIpc) is 3.03. The zero-order chi connectivity index (χ0) is 18.0. The summed E-state index contributed by atoms with van der Waals surface area (Å²) in [5.74, 6) is 0.168. The van der Waals surface area contributed by atoms with Crippen LogP contribution in [0.5, 0.6) is 0 Å². The van der Waals surface area contributed by atoms with Gasteiger partial charge < -0.3 is 20.1 Å². The number of amides is 1. The molecule has 2 fully saturated rings. The van der Waals surface area contributed by atoms with Crippen LogP contribution < -0.4 is 5.32 Å². The zero-order valence-electron chi connectivity index (χ0n) is 15.3. The summed E-state index contributed by atoms with van der Waals surface area (Å²) in [5.41, 5.74) is 0.173. The molecule has 2 rings (SSSR count). The summed E-state index contributed by atoms with van der Waals surface area (Å²) >= 11 is 0. The molecule has 140 valence electrons. The highest BCUT2D eigenvalue weighted by Gasteiger charge is 2.35. The van der Waals surface area contributed by atoms with Crippen molar-refractivity contribution in [3.63, 3.8) is 0 Å². The van der Waals surface area contributed by atoms with Crippen LogP contribution in [0.4, 0.5) is 0 Å². The molecular formula is C17H33N3O4. The maximum Gasteiger partial charge on any atom is 0.290 e. The largest absolute Gasteiger partial charge is 0.483 e. The van der Waals surface area contributed by atoms with Gasteiger partial charge in [-0.05, 0) is 26.8 Å². The number of methoxy groups -OCH3 is 1. The molecule has 1 heterocycles. The third-order valence-corrected chi connectivity index (χ3v) is 5.22. The fourth-order valence-electron chi connectivity index (χ4n) is 3.60.